The standard InChI is InChI=1S/C24H18N2O/c1-26-22-14-8-6-12-18(22)19(23(26)16-9-3-2-4-10-16)15-20-17-11-5-7-13-21(17)25-24(20)27/h2-15H,1H3,(H,25,27)/b20-15-. The van der Waals surface area contributed by atoms with Crippen LogP contribution in [-0.4, -0.2) is 10.5 Å². The molecule has 4 aromatic rings. The van der Waals surface area contributed by atoms with Gasteiger partial charge in [-0.1, -0.05) is 66.7 Å². The topological polar surface area (TPSA) is 34.0 Å². The van der Waals surface area contributed by atoms with E-state index in [1.54, 1.807) is 0 Å². The van der Waals surface area contributed by atoms with Gasteiger partial charge in [0.05, 0.1) is 5.69 Å². The van der Waals surface area contributed by atoms with Crippen LogP contribution in [0, 0.1) is 0 Å². The average Bonchev–Trinajstić information content (AvgIpc) is 3.17. The van der Waals surface area contributed by atoms with Gasteiger partial charge in [-0.15, -0.1) is 0 Å². The van der Waals surface area contributed by atoms with Crippen LogP contribution in [0.15, 0.2) is 78.9 Å². The van der Waals surface area contributed by atoms with E-state index in [4.69, 9.17) is 0 Å². The molecule has 3 heteroatoms. The molecule has 5 rings (SSSR count). The van der Waals surface area contributed by atoms with E-state index < -0.39 is 0 Å². The van der Waals surface area contributed by atoms with Gasteiger partial charge in [-0.3, -0.25) is 4.79 Å². The van der Waals surface area contributed by atoms with Crippen LogP contribution in [0.1, 0.15) is 11.1 Å². The summed E-state index contributed by atoms with van der Waals surface area (Å²) in [5.74, 6) is -0.0526. The largest absolute Gasteiger partial charge is 0.343 e. The lowest BCUT2D eigenvalue weighted by molar-refractivity contribution is -0.110. The van der Waals surface area contributed by atoms with Gasteiger partial charge in [-0.25, -0.2) is 0 Å². The molecule has 0 unspecified atom stereocenters. The zero-order chi connectivity index (χ0) is 18.4. The monoisotopic (exact) mass is 350 g/mol. The van der Waals surface area contributed by atoms with Crippen molar-refractivity contribution in [2.24, 2.45) is 7.05 Å². The second-order valence-electron chi connectivity index (χ2n) is 6.76. The van der Waals surface area contributed by atoms with Gasteiger partial charge in [0.15, 0.2) is 0 Å². The molecule has 3 aromatic carbocycles. The number of nitrogens with zero attached hydrogens (tertiary/aromatic N) is 1. The minimum atomic E-state index is -0.0526. The molecule has 27 heavy (non-hydrogen) atoms. The summed E-state index contributed by atoms with van der Waals surface area (Å²) in [6.07, 6.45) is 2.03. The molecule has 0 aliphatic carbocycles. The third-order valence-corrected chi connectivity index (χ3v) is 5.19. The normalized spacial score (nSPS) is 14.6. The minimum Gasteiger partial charge on any atom is -0.343 e. The maximum atomic E-state index is 12.6. The van der Waals surface area contributed by atoms with Crippen molar-refractivity contribution in [3.8, 4) is 11.3 Å². The lowest BCUT2D eigenvalue weighted by Gasteiger charge is -2.07. The van der Waals surface area contributed by atoms with E-state index in [1.807, 2.05) is 60.7 Å². The Morgan fingerprint density at radius 2 is 1.56 bits per heavy atom. The molecule has 0 saturated heterocycles. The third kappa shape index (κ3) is 2.40. The molecule has 130 valence electrons. The van der Waals surface area contributed by atoms with Gasteiger partial charge in [0.1, 0.15) is 0 Å². The first-order chi connectivity index (χ1) is 13.2. The highest BCUT2D eigenvalue weighted by molar-refractivity contribution is 6.35. The van der Waals surface area contributed by atoms with Gasteiger partial charge >= 0.3 is 0 Å². The second-order valence-corrected chi connectivity index (χ2v) is 6.76. The van der Waals surface area contributed by atoms with Crippen LogP contribution in [0.25, 0.3) is 33.8 Å². The van der Waals surface area contributed by atoms with Crippen LogP contribution >= 0.6 is 0 Å². The number of aryl methyl sites for hydroxylation is 1. The number of para-hydroxylation sites is 2. The summed E-state index contributed by atoms with van der Waals surface area (Å²) in [5, 5.41) is 4.11. The molecule has 0 bridgehead atoms. The summed E-state index contributed by atoms with van der Waals surface area (Å²) in [5.41, 5.74) is 7.00. The molecular formula is C24H18N2O. The summed E-state index contributed by atoms with van der Waals surface area (Å²) < 4.78 is 2.20. The number of aromatic nitrogens is 1. The summed E-state index contributed by atoms with van der Waals surface area (Å²) >= 11 is 0. The maximum Gasteiger partial charge on any atom is 0.256 e. The molecule has 0 radical (unpaired) electrons. The van der Waals surface area contributed by atoms with Crippen LogP contribution < -0.4 is 5.32 Å². The van der Waals surface area contributed by atoms with Crippen molar-refractivity contribution in [1.29, 1.82) is 0 Å². The fourth-order valence-electron chi connectivity index (χ4n) is 3.94. The third-order valence-electron chi connectivity index (χ3n) is 5.19. The predicted molar refractivity (Wildman–Crippen MR) is 111 cm³/mol. The van der Waals surface area contributed by atoms with E-state index in [1.165, 1.54) is 0 Å². The van der Waals surface area contributed by atoms with Gasteiger partial charge in [-0.05, 0) is 23.8 Å². The fourth-order valence-corrected chi connectivity index (χ4v) is 3.94. The average molecular weight is 350 g/mol. The lowest BCUT2D eigenvalue weighted by atomic mass is 9.99. The Morgan fingerprint density at radius 3 is 2.41 bits per heavy atom. The van der Waals surface area contributed by atoms with E-state index in [0.29, 0.717) is 5.57 Å². The van der Waals surface area contributed by atoms with Gasteiger partial charge in [0.25, 0.3) is 5.91 Å². The Hall–Kier alpha value is -3.59. The second kappa shape index (κ2) is 5.99. The molecule has 0 atom stereocenters. The van der Waals surface area contributed by atoms with Gasteiger partial charge in [0, 0.05) is 40.3 Å². The maximum absolute atomic E-state index is 12.6. The smallest absolute Gasteiger partial charge is 0.256 e. The molecule has 0 spiro atoms. The number of fused-ring (bicyclic) bond motifs is 2. The van der Waals surface area contributed by atoms with Crippen LogP contribution in [0.3, 0.4) is 0 Å². The van der Waals surface area contributed by atoms with Crippen LogP contribution in [0.5, 0.6) is 0 Å². The fraction of sp³-hybridized carbons (Fsp3) is 0.0417. The van der Waals surface area contributed by atoms with E-state index in [9.17, 15) is 4.79 Å². The Balaban J connectivity index is 1.83. The molecule has 1 aliphatic heterocycles. The number of benzene rings is 3. The van der Waals surface area contributed by atoms with Crippen LogP contribution in [0.4, 0.5) is 5.69 Å². The van der Waals surface area contributed by atoms with Crippen molar-refractivity contribution in [3.63, 3.8) is 0 Å². The van der Waals surface area contributed by atoms with Crippen molar-refractivity contribution < 1.29 is 4.79 Å². The highest BCUT2D eigenvalue weighted by Crippen LogP contribution is 2.38. The summed E-state index contributed by atoms with van der Waals surface area (Å²) in [7, 11) is 2.08. The molecular weight excluding hydrogens is 332 g/mol. The van der Waals surface area contributed by atoms with Crippen molar-refractivity contribution in [1.82, 2.24) is 4.57 Å². The van der Waals surface area contributed by atoms with Crippen molar-refractivity contribution in [3.05, 3.63) is 90.0 Å². The first-order valence-electron chi connectivity index (χ1n) is 8.99. The molecule has 1 aromatic heterocycles. The minimum absolute atomic E-state index is 0.0526. The molecule has 1 aliphatic rings. The van der Waals surface area contributed by atoms with E-state index >= 15 is 0 Å². The number of amides is 1. The number of rotatable bonds is 2. The van der Waals surface area contributed by atoms with E-state index in [-0.39, 0.29) is 5.91 Å². The molecule has 2 heterocycles. The summed E-state index contributed by atoms with van der Waals surface area (Å²) in [4.78, 5) is 12.6. The zero-order valence-electron chi connectivity index (χ0n) is 14.9. The Morgan fingerprint density at radius 1 is 0.852 bits per heavy atom. The number of nitrogens with one attached hydrogen (secondary N) is 1. The Labute approximate surface area is 157 Å². The van der Waals surface area contributed by atoms with Crippen LogP contribution in [0.2, 0.25) is 0 Å². The van der Waals surface area contributed by atoms with Crippen molar-refractivity contribution in [2.45, 2.75) is 0 Å². The lowest BCUT2D eigenvalue weighted by Crippen LogP contribution is -2.03. The number of carbonyl (C=O) groups excluding carboxylic acids is 1. The van der Waals surface area contributed by atoms with Crippen molar-refractivity contribution >= 4 is 34.1 Å². The molecule has 1 N–H and O–H groups in total. The van der Waals surface area contributed by atoms with E-state index in [0.717, 1.165) is 39.0 Å². The van der Waals surface area contributed by atoms with Crippen LogP contribution in [-0.2, 0) is 11.8 Å². The first kappa shape index (κ1) is 15.6. The van der Waals surface area contributed by atoms with Crippen molar-refractivity contribution in [2.75, 3.05) is 5.32 Å². The van der Waals surface area contributed by atoms with Gasteiger partial charge in [-0.2, -0.15) is 0 Å². The first-order valence-corrected chi connectivity index (χ1v) is 8.99. The number of anilines is 1. The molecule has 1 amide bonds. The number of hydrogen-bond donors (Lipinski definition) is 1. The highest BCUT2D eigenvalue weighted by atomic mass is 16.2. The quantitative estimate of drug-likeness (QED) is 0.487. The summed E-state index contributed by atoms with van der Waals surface area (Å²) in [6, 6.07) is 26.5. The van der Waals surface area contributed by atoms with Gasteiger partial charge < -0.3 is 9.88 Å². The number of carbonyl (C=O) groups is 1. The Bertz CT molecular complexity index is 1220. The zero-order valence-corrected chi connectivity index (χ0v) is 14.9. The summed E-state index contributed by atoms with van der Waals surface area (Å²) in [6.45, 7) is 0. The highest BCUT2D eigenvalue weighted by Gasteiger charge is 2.25. The predicted octanol–water partition coefficient (Wildman–Crippen LogP) is 5.34. The molecule has 0 fully saturated rings. The Kier molecular flexibility index (Phi) is 3.47. The number of hydrogen-bond acceptors (Lipinski definition) is 1. The molecule has 3 nitrogen and oxygen atoms in total. The molecule has 0 saturated carbocycles. The van der Waals surface area contributed by atoms with E-state index in [2.05, 4.69) is 41.2 Å². The van der Waals surface area contributed by atoms with Gasteiger partial charge in [0.2, 0.25) is 0 Å². The SMILES string of the molecule is Cn1c(-c2ccccc2)c(/C=C2\C(=O)Nc3ccccc32)c2ccccc21.